The van der Waals surface area contributed by atoms with Gasteiger partial charge in [-0.2, -0.15) is 10.1 Å². The van der Waals surface area contributed by atoms with E-state index >= 15 is 0 Å². The number of aromatic hydroxyl groups is 1. The van der Waals surface area contributed by atoms with E-state index in [1.54, 1.807) is 30.3 Å². The summed E-state index contributed by atoms with van der Waals surface area (Å²) in [6.45, 7) is -0.117. The van der Waals surface area contributed by atoms with Gasteiger partial charge in [0.1, 0.15) is 24.2 Å². The molecule has 34 heavy (non-hydrogen) atoms. The van der Waals surface area contributed by atoms with E-state index in [9.17, 15) is 19.8 Å². The number of H-pyrrole nitrogens is 1. The highest BCUT2D eigenvalue weighted by Gasteiger charge is 2.20. The first-order valence-electron chi connectivity index (χ1n) is 10.2. The minimum Gasteiger partial charge on any atom is -0.507 e. The molecule has 0 aliphatic heterocycles. The Morgan fingerprint density at radius 3 is 2.71 bits per heavy atom. The Kier molecular flexibility index (Phi) is 6.80. The van der Waals surface area contributed by atoms with E-state index in [1.165, 1.54) is 28.5 Å². The lowest BCUT2D eigenvalue weighted by Gasteiger charge is -2.15. The number of nitrogens with one attached hydrogen (secondary N) is 2. The van der Waals surface area contributed by atoms with Crippen LogP contribution in [-0.2, 0) is 13.6 Å². The standard InChI is InChI=1S/C22H21BrN6O5/c1-28-19-18(20(32)26-22(28)33)29(11-15(30)12-34-16-8-6-14(23)7-9-16)21(25-19)27-24-10-13-4-2-3-5-17(13)31/h2-10,15,30-31H,11-12H2,1H3,(H,25,27)(H,26,32,33)/b24-10-/t15-/m1/s1. The molecule has 0 unspecified atom stereocenters. The zero-order valence-corrected chi connectivity index (χ0v) is 19.6. The molecule has 0 spiro atoms. The summed E-state index contributed by atoms with van der Waals surface area (Å²) in [6, 6.07) is 13.8. The van der Waals surface area contributed by atoms with Gasteiger partial charge in [0.05, 0.1) is 12.8 Å². The lowest BCUT2D eigenvalue weighted by atomic mass is 10.2. The van der Waals surface area contributed by atoms with E-state index in [4.69, 9.17) is 4.74 Å². The Bertz CT molecular complexity index is 1460. The van der Waals surface area contributed by atoms with Crippen LogP contribution in [0, 0.1) is 0 Å². The number of aryl methyl sites for hydroxylation is 1. The molecule has 0 saturated carbocycles. The monoisotopic (exact) mass is 528 g/mol. The highest BCUT2D eigenvalue weighted by atomic mass is 79.9. The molecule has 2 aromatic carbocycles. The SMILES string of the molecule is Cn1c(=O)[nH]c(=O)c2c1nc(N/N=C\c1ccccc1O)n2C[C@@H](O)COc1ccc(Br)cc1. The lowest BCUT2D eigenvalue weighted by Crippen LogP contribution is -2.30. The summed E-state index contributed by atoms with van der Waals surface area (Å²) in [6.07, 6.45) is 0.371. The Labute approximate surface area is 201 Å². The number of imidazole rings is 1. The number of hydrogen-bond acceptors (Lipinski definition) is 8. The molecule has 0 saturated heterocycles. The van der Waals surface area contributed by atoms with E-state index in [-0.39, 0.29) is 36.0 Å². The number of hydrazone groups is 1. The summed E-state index contributed by atoms with van der Waals surface area (Å²) in [4.78, 5) is 31.2. The van der Waals surface area contributed by atoms with Crippen molar-refractivity contribution in [2.45, 2.75) is 12.6 Å². The predicted octanol–water partition coefficient (Wildman–Crippen LogP) is 1.78. The molecule has 0 fully saturated rings. The van der Waals surface area contributed by atoms with Gasteiger partial charge in [-0.15, -0.1) is 0 Å². The molecule has 176 valence electrons. The van der Waals surface area contributed by atoms with Gasteiger partial charge in [0.2, 0.25) is 5.95 Å². The third-order valence-electron chi connectivity index (χ3n) is 4.96. The van der Waals surface area contributed by atoms with Crippen molar-refractivity contribution in [2.24, 2.45) is 12.1 Å². The number of aliphatic hydroxyl groups excluding tert-OH is 1. The van der Waals surface area contributed by atoms with Gasteiger partial charge in [0, 0.05) is 17.1 Å². The summed E-state index contributed by atoms with van der Waals surface area (Å²) in [5.74, 6) is 0.737. The van der Waals surface area contributed by atoms with Crippen molar-refractivity contribution in [1.29, 1.82) is 0 Å². The van der Waals surface area contributed by atoms with Crippen molar-refractivity contribution in [2.75, 3.05) is 12.0 Å². The van der Waals surface area contributed by atoms with Crippen LogP contribution in [0.3, 0.4) is 0 Å². The Hall–Kier alpha value is -3.90. The van der Waals surface area contributed by atoms with Crippen LogP contribution in [0.15, 0.2) is 67.7 Å². The number of hydrogen-bond donors (Lipinski definition) is 4. The molecule has 4 rings (SSSR count). The molecule has 2 heterocycles. The van der Waals surface area contributed by atoms with Gasteiger partial charge in [0.15, 0.2) is 11.2 Å². The van der Waals surface area contributed by atoms with Crippen LogP contribution in [0.5, 0.6) is 11.5 Å². The lowest BCUT2D eigenvalue weighted by molar-refractivity contribution is 0.0938. The molecular weight excluding hydrogens is 508 g/mol. The quantitative estimate of drug-likeness (QED) is 0.201. The van der Waals surface area contributed by atoms with Crippen molar-refractivity contribution >= 4 is 39.3 Å². The highest BCUT2D eigenvalue weighted by Crippen LogP contribution is 2.19. The number of halogens is 1. The zero-order valence-electron chi connectivity index (χ0n) is 18.0. The molecule has 0 aliphatic carbocycles. The summed E-state index contributed by atoms with van der Waals surface area (Å²) in [7, 11) is 1.47. The van der Waals surface area contributed by atoms with Crippen molar-refractivity contribution in [3.05, 3.63) is 79.4 Å². The van der Waals surface area contributed by atoms with Gasteiger partial charge in [0.25, 0.3) is 5.56 Å². The summed E-state index contributed by atoms with van der Waals surface area (Å²) < 4.78 is 9.14. The number of anilines is 1. The largest absolute Gasteiger partial charge is 0.507 e. The molecule has 2 aromatic heterocycles. The smallest absolute Gasteiger partial charge is 0.329 e. The summed E-state index contributed by atoms with van der Waals surface area (Å²) in [5, 5.41) is 24.6. The molecule has 0 radical (unpaired) electrons. The first-order valence-corrected chi connectivity index (χ1v) is 11.0. The fourth-order valence-corrected chi connectivity index (χ4v) is 3.50. The number of ether oxygens (including phenoxy) is 1. The number of rotatable bonds is 8. The fourth-order valence-electron chi connectivity index (χ4n) is 3.24. The van der Waals surface area contributed by atoms with Crippen molar-refractivity contribution in [1.82, 2.24) is 19.1 Å². The average molecular weight is 529 g/mol. The van der Waals surface area contributed by atoms with Gasteiger partial charge in [-0.25, -0.2) is 10.2 Å². The highest BCUT2D eigenvalue weighted by molar-refractivity contribution is 9.10. The number of benzene rings is 2. The number of phenolic OH excluding ortho intramolecular Hbond substituents is 1. The van der Waals surface area contributed by atoms with E-state index < -0.39 is 17.4 Å². The molecule has 1 atom stereocenters. The first kappa shape index (κ1) is 23.3. The Morgan fingerprint density at radius 2 is 1.97 bits per heavy atom. The number of para-hydroxylation sites is 1. The third kappa shape index (κ3) is 5.02. The normalized spacial score (nSPS) is 12.3. The van der Waals surface area contributed by atoms with Crippen LogP contribution in [-0.4, -0.2) is 48.2 Å². The first-order chi connectivity index (χ1) is 16.3. The van der Waals surface area contributed by atoms with Crippen LogP contribution in [0.1, 0.15) is 5.56 Å². The predicted molar refractivity (Wildman–Crippen MR) is 131 cm³/mol. The van der Waals surface area contributed by atoms with Gasteiger partial charge in [-0.1, -0.05) is 28.1 Å². The van der Waals surface area contributed by atoms with E-state index in [1.807, 2.05) is 12.1 Å². The van der Waals surface area contributed by atoms with Crippen molar-refractivity contribution in [3.8, 4) is 11.5 Å². The topological polar surface area (TPSA) is 147 Å². The fraction of sp³-hybridized carbons (Fsp3) is 0.182. The molecule has 12 heteroatoms. The molecule has 4 N–H and O–H groups in total. The minimum atomic E-state index is -1.01. The van der Waals surface area contributed by atoms with Crippen molar-refractivity contribution in [3.63, 3.8) is 0 Å². The van der Waals surface area contributed by atoms with Crippen LogP contribution < -0.4 is 21.4 Å². The molecular formula is C22H21BrN6O5. The van der Waals surface area contributed by atoms with E-state index in [2.05, 4.69) is 36.4 Å². The van der Waals surface area contributed by atoms with Crippen LogP contribution in [0.25, 0.3) is 11.2 Å². The van der Waals surface area contributed by atoms with Crippen molar-refractivity contribution < 1.29 is 14.9 Å². The number of aliphatic hydroxyl groups is 1. The minimum absolute atomic E-state index is 0.0425. The Balaban J connectivity index is 1.62. The summed E-state index contributed by atoms with van der Waals surface area (Å²) in [5.41, 5.74) is 2.13. The number of aromatic nitrogens is 4. The number of nitrogens with zero attached hydrogens (tertiary/aromatic N) is 4. The second-order valence-electron chi connectivity index (χ2n) is 7.38. The zero-order chi connectivity index (χ0) is 24.2. The summed E-state index contributed by atoms with van der Waals surface area (Å²) >= 11 is 3.35. The average Bonchev–Trinajstić information content (AvgIpc) is 3.17. The maximum absolute atomic E-state index is 12.6. The van der Waals surface area contributed by atoms with Gasteiger partial charge in [-0.05, 0) is 36.4 Å². The van der Waals surface area contributed by atoms with E-state index in [0.717, 1.165) is 4.47 Å². The number of aromatic amines is 1. The number of fused-ring (bicyclic) bond motifs is 1. The molecule has 0 bridgehead atoms. The molecule has 0 aliphatic rings. The maximum atomic E-state index is 12.6. The Morgan fingerprint density at radius 1 is 1.24 bits per heavy atom. The second-order valence-corrected chi connectivity index (χ2v) is 8.30. The maximum Gasteiger partial charge on any atom is 0.329 e. The van der Waals surface area contributed by atoms with Gasteiger partial charge in [-0.3, -0.25) is 14.3 Å². The molecule has 0 amide bonds. The van der Waals surface area contributed by atoms with Gasteiger partial charge >= 0.3 is 5.69 Å². The third-order valence-corrected chi connectivity index (χ3v) is 5.49. The van der Waals surface area contributed by atoms with Crippen LogP contribution >= 0.6 is 15.9 Å². The van der Waals surface area contributed by atoms with E-state index in [0.29, 0.717) is 11.3 Å². The molecule has 4 aromatic rings. The van der Waals surface area contributed by atoms with Crippen LogP contribution in [0.4, 0.5) is 5.95 Å². The van der Waals surface area contributed by atoms with Gasteiger partial charge < -0.3 is 19.5 Å². The second kappa shape index (κ2) is 9.93. The number of phenols is 1. The molecule has 11 nitrogen and oxygen atoms in total. The van der Waals surface area contributed by atoms with Crippen LogP contribution in [0.2, 0.25) is 0 Å².